The second kappa shape index (κ2) is 8.72. The Morgan fingerprint density at radius 3 is 2.54 bits per heavy atom. The fourth-order valence-electron chi connectivity index (χ4n) is 2.84. The van der Waals surface area contributed by atoms with E-state index in [0.717, 1.165) is 37.1 Å². The lowest BCUT2D eigenvalue weighted by atomic mass is 9.92. The van der Waals surface area contributed by atoms with Crippen molar-refractivity contribution in [3.63, 3.8) is 0 Å². The van der Waals surface area contributed by atoms with Gasteiger partial charge in [-0.1, -0.05) is 71.2 Å². The Balaban J connectivity index is 2.39. The molecule has 0 bridgehead atoms. The van der Waals surface area contributed by atoms with Crippen molar-refractivity contribution < 1.29 is 4.79 Å². The number of hydrogen-bond donors (Lipinski definition) is 1. The molecule has 0 saturated carbocycles. The van der Waals surface area contributed by atoms with Crippen LogP contribution in [-0.4, -0.2) is 15.7 Å². The minimum Gasteiger partial charge on any atom is -0.310 e. The molecule has 1 aromatic heterocycles. The molecule has 1 amide bonds. The number of hydrogen-bond acceptors (Lipinski definition) is 2. The summed E-state index contributed by atoms with van der Waals surface area (Å²) in [4.78, 5) is 12.8. The molecule has 0 fully saturated rings. The zero-order valence-corrected chi connectivity index (χ0v) is 17.2. The monoisotopic (exact) mass is 375 g/mol. The number of rotatable bonds is 7. The maximum Gasteiger partial charge on any atom is 0.228 e. The number of benzene rings is 1. The Morgan fingerprint density at radius 2 is 1.96 bits per heavy atom. The fourth-order valence-corrected chi connectivity index (χ4v) is 3.06. The summed E-state index contributed by atoms with van der Waals surface area (Å²) in [7, 11) is 0. The second-order valence-electron chi connectivity index (χ2n) is 7.76. The number of para-hydroxylation sites is 1. The number of anilines is 1. The largest absolute Gasteiger partial charge is 0.310 e. The van der Waals surface area contributed by atoms with E-state index in [-0.39, 0.29) is 17.2 Å². The van der Waals surface area contributed by atoms with Crippen molar-refractivity contribution in [1.29, 1.82) is 0 Å². The third kappa shape index (κ3) is 4.88. The summed E-state index contributed by atoms with van der Waals surface area (Å²) in [6, 6.07) is 9.49. The van der Waals surface area contributed by atoms with Crippen LogP contribution in [0, 0.1) is 5.92 Å². The Bertz CT molecular complexity index is 746. The van der Waals surface area contributed by atoms with Gasteiger partial charge in [0.05, 0.1) is 16.4 Å². The van der Waals surface area contributed by atoms with Crippen LogP contribution in [0.1, 0.15) is 66.0 Å². The van der Waals surface area contributed by atoms with Crippen molar-refractivity contribution in [2.45, 2.75) is 65.7 Å². The van der Waals surface area contributed by atoms with Crippen LogP contribution in [-0.2, 0) is 10.2 Å². The van der Waals surface area contributed by atoms with Gasteiger partial charge in [-0.2, -0.15) is 5.10 Å². The molecule has 0 aliphatic heterocycles. The first-order valence-corrected chi connectivity index (χ1v) is 9.82. The summed E-state index contributed by atoms with van der Waals surface area (Å²) in [6.45, 7) is 10.5. The summed E-state index contributed by atoms with van der Waals surface area (Å²) in [6.07, 6.45) is 3.89. The molecule has 0 aliphatic carbocycles. The maximum absolute atomic E-state index is 12.8. The number of aromatic nitrogens is 2. The molecule has 4 nitrogen and oxygen atoms in total. The quantitative estimate of drug-likeness (QED) is 0.647. The molecule has 1 N–H and O–H groups in total. The maximum atomic E-state index is 12.8. The van der Waals surface area contributed by atoms with Gasteiger partial charge in [-0.15, -0.1) is 0 Å². The summed E-state index contributed by atoms with van der Waals surface area (Å²) in [5, 5.41) is 8.42. The van der Waals surface area contributed by atoms with Gasteiger partial charge in [-0.3, -0.25) is 4.79 Å². The summed E-state index contributed by atoms with van der Waals surface area (Å²) in [5.41, 5.74) is 1.55. The molecule has 0 spiro atoms. The van der Waals surface area contributed by atoms with E-state index in [0.29, 0.717) is 10.8 Å². The van der Waals surface area contributed by atoms with Crippen LogP contribution in [0.25, 0.3) is 5.69 Å². The number of carbonyl (C=O) groups excluding carboxylic acids is 1. The van der Waals surface area contributed by atoms with Crippen LogP contribution in [0.4, 0.5) is 5.82 Å². The van der Waals surface area contributed by atoms with Gasteiger partial charge >= 0.3 is 0 Å². The first-order valence-electron chi connectivity index (χ1n) is 9.44. The number of halogens is 1. The molecule has 1 atom stereocenters. The van der Waals surface area contributed by atoms with Gasteiger partial charge in [0, 0.05) is 17.4 Å². The van der Waals surface area contributed by atoms with Crippen LogP contribution in [0.3, 0.4) is 0 Å². The van der Waals surface area contributed by atoms with Crippen LogP contribution in [0.15, 0.2) is 30.3 Å². The molecule has 26 heavy (non-hydrogen) atoms. The number of amides is 1. The molecular weight excluding hydrogens is 346 g/mol. The highest BCUT2D eigenvalue weighted by molar-refractivity contribution is 6.32. The number of unbranched alkanes of at least 4 members (excludes halogenated alkanes) is 1. The zero-order chi connectivity index (χ0) is 19.3. The van der Waals surface area contributed by atoms with E-state index >= 15 is 0 Å². The molecule has 0 saturated heterocycles. The Labute approximate surface area is 161 Å². The molecule has 0 unspecified atom stereocenters. The normalized spacial score (nSPS) is 12.8. The lowest BCUT2D eigenvalue weighted by Crippen LogP contribution is -2.23. The molecule has 1 aromatic carbocycles. The summed E-state index contributed by atoms with van der Waals surface area (Å²) in [5.74, 6) is 0.736. The van der Waals surface area contributed by atoms with Gasteiger partial charge in [0.1, 0.15) is 5.82 Å². The first-order chi connectivity index (χ1) is 12.3. The van der Waals surface area contributed by atoms with Gasteiger partial charge in [0.2, 0.25) is 5.91 Å². The minimum absolute atomic E-state index is 0.0163. The molecule has 0 radical (unpaired) electrons. The summed E-state index contributed by atoms with van der Waals surface area (Å²) >= 11 is 6.38. The van der Waals surface area contributed by atoms with E-state index < -0.39 is 0 Å². The molecule has 1 heterocycles. The van der Waals surface area contributed by atoms with Crippen LogP contribution < -0.4 is 5.32 Å². The van der Waals surface area contributed by atoms with Crippen LogP contribution in [0.5, 0.6) is 0 Å². The standard InChI is InChI=1S/C21H30ClN3O/c1-6-8-11-15(7-2)20(26)23-19-14-18(21(3,4)5)24-25(19)17-13-10-9-12-16(17)22/h9-10,12-15H,6-8,11H2,1-5H3,(H,23,26)/t15-/m1/s1. The second-order valence-corrected chi connectivity index (χ2v) is 8.17. The highest BCUT2D eigenvalue weighted by atomic mass is 35.5. The molecule has 2 rings (SSSR count). The van der Waals surface area contributed by atoms with Crippen molar-refractivity contribution in [3.8, 4) is 5.69 Å². The Hall–Kier alpha value is -1.81. The first kappa shape index (κ1) is 20.5. The van der Waals surface area contributed by atoms with Gasteiger partial charge in [0.25, 0.3) is 0 Å². The SMILES string of the molecule is CCCC[C@@H](CC)C(=O)Nc1cc(C(C)(C)C)nn1-c1ccccc1Cl. The lowest BCUT2D eigenvalue weighted by molar-refractivity contribution is -0.120. The van der Waals surface area contributed by atoms with Gasteiger partial charge in [-0.25, -0.2) is 4.68 Å². The minimum atomic E-state index is -0.127. The fraction of sp³-hybridized carbons (Fsp3) is 0.524. The van der Waals surface area contributed by atoms with Crippen LogP contribution >= 0.6 is 11.6 Å². The highest BCUT2D eigenvalue weighted by Crippen LogP contribution is 2.29. The Kier molecular flexibility index (Phi) is 6.87. The Morgan fingerprint density at radius 1 is 1.27 bits per heavy atom. The molecule has 0 aliphatic rings. The third-order valence-corrected chi connectivity index (χ3v) is 4.90. The summed E-state index contributed by atoms with van der Waals surface area (Å²) < 4.78 is 1.74. The van der Waals surface area contributed by atoms with E-state index in [2.05, 4.69) is 39.9 Å². The lowest BCUT2D eigenvalue weighted by Gasteiger charge is -2.15. The molecule has 142 valence electrons. The van der Waals surface area contributed by atoms with Crippen molar-refractivity contribution in [3.05, 3.63) is 41.0 Å². The van der Waals surface area contributed by atoms with Crippen molar-refractivity contribution in [2.24, 2.45) is 5.92 Å². The zero-order valence-electron chi connectivity index (χ0n) is 16.5. The third-order valence-electron chi connectivity index (χ3n) is 4.58. The van der Waals surface area contributed by atoms with Crippen molar-refractivity contribution in [2.75, 3.05) is 5.32 Å². The van der Waals surface area contributed by atoms with E-state index in [1.165, 1.54) is 0 Å². The molecule has 2 aromatic rings. The van der Waals surface area contributed by atoms with Gasteiger partial charge < -0.3 is 5.32 Å². The van der Waals surface area contributed by atoms with E-state index in [4.69, 9.17) is 16.7 Å². The van der Waals surface area contributed by atoms with Gasteiger partial charge in [0.15, 0.2) is 0 Å². The molecular formula is C21H30ClN3O. The average molecular weight is 376 g/mol. The smallest absolute Gasteiger partial charge is 0.228 e. The van der Waals surface area contributed by atoms with E-state index in [1.54, 1.807) is 4.68 Å². The number of nitrogens with zero attached hydrogens (tertiary/aromatic N) is 2. The average Bonchev–Trinajstić information content (AvgIpc) is 3.00. The number of nitrogens with one attached hydrogen (secondary N) is 1. The van der Waals surface area contributed by atoms with E-state index in [1.807, 2.05) is 30.3 Å². The topological polar surface area (TPSA) is 46.9 Å². The number of carbonyl (C=O) groups is 1. The highest BCUT2D eigenvalue weighted by Gasteiger charge is 2.24. The van der Waals surface area contributed by atoms with Crippen molar-refractivity contribution >= 4 is 23.3 Å². The predicted octanol–water partition coefficient (Wildman–Crippen LogP) is 5.98. The van der Waals surface area contributed by atoms with E-state index in [9.17, 15) is 4.79 Å². The molecule has 5 heteroatoms. The van der Waals surface area contributed by atoms with Gasteiger partial charge in [-0.05, 0) is 25.0 Å². The predicted molar refractivity (Wildman–Crippen MR) is 109 cm³/mol. The van der Waals surface area contributed by atoms with Crippen LogP contribution in [0.2, 0.25) is 5.02 Å². The van der Waals surface area contributed by atoms with Crippen molar-refractivity contribution in [1.82, 2.24) is 9.78 Å².